The highest BCUT2D eigenvalue weighted by Gasteiger charge is 2.01. The Morgan fingerprint density at radius 1 is 0.750 bits per heavy atom. The molecule has 0 spiro atoms. The molecule has 2 nitrogen and oxygen atoms in total. The van der Waals surface area contributed by atoms with Crippen molar-refractivity contribution >= 4 is 0 Å². The van der Waals surface area contributed by atoms with Gasteiger partial charge in [-0.25, -0.2) is 0 Å². The first-order chi connectivity index (χ1) is 11.8. The molecule has 0 N–H and O–H groups in total. The van der Waals surface area contributed by atoms with Crippen LogP contribution in [0.1, 0.15) is 89.5 Å². The molecule has 0 saturated carbocycles. The van der Waals surface area contributed by atoms with E-state index in [9.17, 15) is 0 Å². The average Bonchev–Trinajstić information content (AvgIpc) is 2.60. The predicted octanol–water partition coefficient (Wildman–Crippen LogP) is 7.08. The molecule has 24 heavy (non-hydrogen) atoms. The predicted molar refractivity (Wildman–Crippen MR) is 104 cm³/mol. The van der Waals surface area contributed by atoms with Crippen LogP contribution in [0.15, 0.2) is 18.2 Å². The summed E-state index contributed by atoms with van der Waals surface area (Å²) < 4.78 is 11.1. The largest absolute Gasteiger partial charge is 0.496 e. The van der Waals surface area contributed by atoms with E-state index in [0.29, 0.717) is 0 Å². The molecule has 138 valence electrons. The topological polar surface area (TPSA) is 18.5 Å². The van der Waals surface area contributed by atoms with Crippen molar-refractivity contribution in [1.82, 2.24) is 0 Å². The third-order valence-electron chi connectivity index (χ3n) is 4.65. The first kappa shape index (κ1) is 20.9. The molecule has 0 amide bonds. The van der Waals surface area contributed by atoms with Gasteiger partial charge in [0.15, 0.2) is 0 Å². The Morgan fingerprint density at radius 2 is 1.29 bits per heavy atom. The third kappa shape index (κ3) is 9.85. The van der Waals surface area contributed by atoms with Gasteiger partial charge in [-0.2, -0.15) is 0 Å². The number of rotatable bonds is 15. The molecular weight excluding hydrogens is 296 g/mol. The number of unbranched alkanes of at least 4 members (excludes halogenated alkanes) is 11. The van der Waals surface area contributed by atoms with Crippen molar-refractivity contribution in [2.45, 2.75) is 90.9 Å². The lowest BCUT2D eigenvalue weighted by Crippen LogP contribution is -1.98. The van der Waals surface area contributed by atoms with Crippen LogP contribution in [0.5, 0.6) is 11.5 Å². The second kappa shape index (κ2) is 14.2. The van der Waals surface area contributed by atoms with Gasteiger partial charge in [0.05, 0.1) is 13.7 Å². The number of ether oxygens (including phenoxy) is 2. The van der Waals surface area contributed by atoms with Gasteiger partial charge in [-0.3, -0.25) is 0 Å². The Morgan fingerprint density at radius 3 is 1.83 bits per heavy atom. The highest BCUT2D eigenvalue weighted by atomic mass is 16.5. The van der Waals surface area contributed by atoms with Gasteiger partial charge in [0.1, 0.15) is 11.5 Å². The molecule has 0 bridgehead atoms. The lowest BCUT2D eigenvalue weighted by molar-refractivity contribution is 0.302. The maximum absolute atomic E-state index is 5.82. The summed E-state index contributed by atoms with van der Waals surface area (Å²) in [6.45, 7) is 5.14. The molecule has 0 unspecified atom stereocenters. The second-order valence-electron chi connectivity index (χ2n) is 6.87. The Hall–Kier alpha value is -1.18. The molecule has 2 heteroatoms. The van der Waals surface area contributed by atoms with E-state index in [1.165, 1.54) is 70.6 Å². The number of benzene rings is 1. The molecule has 0 radical (unpaired) electrons. The fourth-order valence-electron chi connectivity index (χ4n) is 3.02. The van der Waals surface area contributed by atoms with E-state index in [-0.39, 0.29) is 0 Å². The van der Waals surface area contributed by atoms with Gasteiger partial charge < -0.3 is 9.47 Å². The van der Waals surface area contributed by atoms with Crippen LogP contribution in [-0.4, -0.2) is 13.7 Å². The van der Waals surface area contributed by atoms with Gasteiger partial charge in [0.25, 0.3) is 0 Å². The Labute approximate surface area is 149 Å². The summed E-state index contributed by atoms with van der Waals surface area (Å²) in [4.78, 5) is 0. The van der Waals surface area contributed by atoms with E-state index in [2.05, 4.69) is 13.0 Å². The summed E-state index contributed by atoms with van der Waals surface area (Å²) in [5.41, 5.74) is 1.15. The molecule has 0 aliphatic heterocycles. The molecule has 0 atom stereocenters. The fraction of sp³-hybridized carbons (Fsp3) is 0.727. The molecule has 0 fully saturated rings. The van der Waals surface area contributed by atoms with Crippen molar-refractivity contribution in [1.29, 1.82) is 0 Å². The van der Waals surface area contributed by atoms with Crippen molar-refractivity contribution in [3.63, 3.8) is 0 Å². The minimum atomic E-state index is 0.809. The number of hydrogen-bond acceptors (Lipinski definition) is 2. The molecule has 0 saturated heterocycles. The van der Waals surface area contributed by atoms with Crippen LogP contribution in [0.4, 0.5) is 0 Å². The highest BCUT2D eigenvalue weighted by Crippen LogP contribution is 2.24. The van der Waals surface area contributed by atoms with Crippen LogP contribution in [0.3, 0.4) is 0 Å². The van der Waals surface area contributed by atoms with E-state index in [0.717, 1.165) is 30.1 Å². The van der Waals surface area contributed by atoms with Crippen molar-refractivity contribution in [2.75, 3.05) is 13.7 Å². The number of hydrogen-bond donors (Lipinski definition) is 0. The minimum Gasteiger partial charge on any atom is -0.496 e. The van der Waals surface area contributed by atoms with Gasteiger partial charge >= 0.3 is 0 Å². The quantitative estimate of drug-likeness (QED) is 0.319. The second-order valence-corrected chi connectivity index (χ2v) is 6.87. The molecule has 1 aromatic carbocycles. The summed E-state index contributed by atoms with van der Waals surface area (Å²) in [5.74, 6) is 1.82. The zero-order chi connectivity index (χ0) is 17.5. The van der Waals surface area contributed by atoms with Crippen LogP contribution in [-0.2, 0) is 0 Å². The molecular formula is C22H38O2. The van der Waals surface area contributed by atoms with Gasteiger partial charge in [-0.05, 0) is 25.0 Å². The smallest absolute Gasteiger partial charge is 0.125 e. The van der Waals surface area contributed by atoms with E-state index in [4.69, 9.17) is 9.47 Å². The average molecular weight is 335 g/mol. The fourth-order valence-corrected chi connectivity index (χ4v) is 3.02. The van der Waals surface area contributed by atoms with Crippen molar-refractivity contribution < 1.29 is 9.47 Å². The number of aryl methyl sites for hydroxylation is 1. The maximum Gasteiger partial charge on any atom is 0.125 e. The lowest BCUT2D eigenvalue weighted by Gasteiger charge is -2.09. The summed E-state index contributed by atoms with van der Waals surface area (Å²) in [6, 6.07) is 6.06. The first-order valence-corrected chi connectivity index (χ1v) is 10.1. The molecule has 1 aromatic rings. The summed E-state index contributed by atoms with van der Waals surface area (Å²) in [5, 5.41) is 0. The van der Waals surface area contributed by atoms with Crippen molar-refractivity contribution in [2.24, 2.45) is 0 Å². The van der Waals surface area contributed by atoms with Crippen molar-refractivity contribution in [3.05, 3.63) is 23.8 Å². The summed E-state index contributed by atoms with van der Waals surface area (Å²) in [7, 11) is 1.71. The van der Waals surface area contributed by atoms with Crippen LogP contribution in [0, 0.1) is 6.92 Å². The Balaban J connectivity index is 1.90. The van der Waals surface area contributed by atoms with Crippen LogP contribution < -0.4 is 9.47 Å². The Kier molecular flexibility index (Phi) is 12.3. The van der Waals surface area contributed by atoms with Gasteiger partial charge in [-0.15, -0.1) is 0 Å². The molecule has 1 rings (SSSR count). The Bertz CT molecular complexity index is 414. The number of methoxy groups -OCH3 is 1. The van der Waals surface area contributed by atoms with Crippen LogP contribution in [0.25, 0.3) is 0 Å². The summed E-state index contributed by atoms with van der Waals surface area (Å²) in [6.07, 6.45) is 16.5. The monoisotopic (exact) mass is 334 g/mol. The van der Waals surface area contributed by atoms with E-state index in [1.54, 1.807) is 7.11 Å². The zero-order valence-electron chi connectivity index (χ0n) is 16.2. The normalized spacial score (nSPS) is 10.8. The molecule has 0 aromatic heterocycles. The first-order valence-electron chi connectivity index (χ1n) is 10.1. The van der Waals surface area contributed by atoms with E-state index in [1.807, 2.05) is 19.1 Å². The zero-order valence-corrected chi connectivity index (χ0v) is 16.2. The molecule has 0 heterocycles. The molecule has 0 aliphatic carbocycles. The van der Waals surface area contributed by atoms with Crippen LogP contribution >= 0.6 is 0 Å². The van der Waals surface area contributed by atoms with Gasteiger partial charge in [-0.1, -0.05) is 83.6 Å². The van der Waals surface area contributed by atoms with Gasteiger partial charge in [0.2, 0.25) is 0 Å². The van der Waals surface area contributed by atoms with E-state index < -0.39 is 0 Å². The molecule has 0 aliphatic rings. The van der Waals surface area contributed by atoms with E-state index >= 15 is 0 Å². The van der Waals surface area contributed by atoms with Gasteiger partial charge in [0, 0.05) is 6.07 Å². The highest BCUT2D eigenvalue weighted by molar-refractivity contribution is 5.39. The summed E-state index contributed by atoms with van der Waals surface area (Å²) >= 11 is 0. The lowest BCUT2D eigenvalue weighted by atomic mass is 10.1. The minimum absolute atomic E-state index is 0.809. The van der Waals surface area contributed by atoms with Crippen molar-refractivity contribution in [3.8, 4) is 11.5 Å². The maximum atomic E-state index is 5.82. The van der Waals surface area contributed by atoms with Crippen LogP contribution in [0.2, 0.25) is 0 Å². The SMILES string of the molecule is CCCCCCCCCCCCCCOc1ccc(C)c(OC)c1. The third-order valence-corrected chi connectivity index (χ3v) is 4.65. The standard InChI is InChI=1S/C22H38O2/c1-4-5-6-7-8-9-10-11-12-13-14-15-18-24-21-17-16-20(2)22(19-21)23-3/h16-17,19H,4-15,18H2,1-3H3.